The third kappa shape index (κ3) is 5.00. The van der Waals surface area contributed by atoms with E-state index in [0.717, 1.165) is 51.8 Å². The van der Waals surface area contributed by atoms with E-state index >= 15 is 0 Å². The summed E-state index contributed by atoms with van der Waals surface area (Å²) in [5.74, 6) is 1.87. The molecule has 0 atom stereocenters. The molecular weight excluding hydrogens is 611 g/mol. The highest BCUT2D eigenvalue weighted by molar-refractivity contribution is 5.94. The van der Waals surface area contributed by atoms with Crippen LogP contribution in [0.15, 0.2) is 140 Å². The Hall–Kier alpha value is -6.25. The molecule has 0 bridgehead atoms. The van der Waals surface area contributed by atoms with Crippen LogP contribution in [-0.2, 0) is 5.41 Å². The molecule has 238 valence electrons. The van der Waals surface area contributed by atoms with Crippen molar-refractivity contribution in [2.45, 2.75) is 37.5 Å². The van der Waals surface area contributed by atoms with Crippen molar-refractivity contribution in [2.24, 2.45) is 0 Å². The topological polar surface area (TPSA) is 75.3 Å². The van der Waals surface area contributed by atoms with Gasteiger partial charge in [0, 0.05) is 34.5 Å². The van der Waals surface area contributed by atoms with Gasteiger partial charge in [0.25, 0.3) is 0 Å². The Kier molecular flexibility index (Phi) is 7.36. The Morgan fingerprint density at radius 3 is 1.88 bits per heavy atom. The van der Waals surface area contributed by atoms with Gasteiger partial charge in [0.1, 0.15) is 0 Å². The van der Waals surface area contributed by atoms with Gasteiger partial charge in [0.15, 0.2) is 17.5 Å². The van der Waals surface area contributed by atoms with Crippen LogP contribution >= 0.6 is 0 Å². The van der Waals surface area contributed by atoms with Gasteiger partial charge in [0.2, 0.25) is 0 Å². The second-order valence-electron chi connectivity index (χ2n) is 13.3. The lowest BCUT2D eigenvalue weighted by Crippen LogP contribution is -2.29. The van der Waals surface area contributed by atoms with E-state index in [1.807, 2.05) is 54.7 Å². The minimum Gasteiger partial charge on any atom is -0.264 e. The summed E-state index contributed by atoms with van der Waals surface area (Å²) in [5, 5.41) is 10.2. The van der Waals surface area contributed by atoms with Crippen molar-refractivity contribution in [3.05, 3.63) is 156 Å². The number of hydrogen-bond donors (Lipinski definition) is 0. The van der Waals surface area contributed by atoms with E-state index in [2.05, 4.69) is 89.9 Å². The first-order valence-electron chi connectivity index (χ1n) is 17.3. The molecular formula is C45H33N5. The highest BCUT2D eigenvalue weighted by Crippen LogP contribution is 2.58. The molecule has 1 saturated carbocycles. The Morgan fingerprint density at radius 2 is 1.14 bits per heavy atom. The lowest BCUT2D eigenvalue weighted by atomic mass is 9.66. The standard InChI is InChI=1S/C45H33N5/c46-28-35-15-8-18-38-40-37(17-9-19-39(40)45(41(35)38)24-5-2-6-25-45)33-13-7-14-34(27-33)44-49-42(31-11-3-1-4-12-31)48-43(50-44)32-22-20-30(21-23-32)36-16-10-26-47-29-36/h1,3-4,7-23,26-27,29H,2,5-6,24-25H2. The molecule has 0 unspecified atom stereocenters. The lowest BCUT2D eigenvalue weighted by Gasteiger charge is -2.36. The summed E-state index contributed by atoms with van der Waals surface area (Å²) in [6, 6.07) is 46.5. The molecule has 0 N–H and O–H groups in total. The fraction of sp³-hybridized carbons (Fsp3) is 0.133. The van der Waals surface area contributed by atoms with Gasteiger partial charge in [-0.25, -0.2) is 15.0 Å². The number of fused-ring (bicyclic) bond motifs is 5. The van der Waals surface area contributed by atoms with Crippen molar-refractivity contribution in [1.29, 1.82) is 5.26 Å². The van der Waals surface area contributed by atoms with Gasteiger partial charge in [-0.3, -0.25) is 4.98 Å². The van der Waals surface area contributed by atoms with Crippen LogP contribution in [0, 0.1) is 11.3 Å². The molecule has 2 aliphatic carbocycles. The average Bonchev–Trinajstić information content (AvgIpc) is 3.47. The van der Waals surface area contributed by atoms with Crippen LogP contribution in [0.3, 0.4) is 0 Å². The fourth-order valence-electron chi connectivity index (χ4n) is 8.18. The van der Waals surface area contributed by atoms with Gasteiger partial charge in [-0.05, 0) is 75.5 Å². The molecule has 5 heteroatoms. The largest absolute Gasteiger partial charge is 0.264 e. The predicted molar refractivity (Wildman–Crippen MR) is 199 cm³/mol. The smallest absolute Gasteiger partial charge is 0.164 e. The van der Waals surface area contributed by atoms with Crippen molar-refractivity contribution < 1.29 is 0 Å². The van der Waals surface area contributed by atoms with Crippen LogP contribution in [0.1, 0.15) is 48.8 Å². The van der Waals surface area contributed by atoms with Gasteiger partial charge >= 0.3 is 0 Å². The van der Waals surface area contributed by atoms with E-state index in [-0.39, 0.29) is 5.41 Å². The molecule has 9 rings (SSSR count). The first kappa shape index (κ1) is 29.9. The first-order valence-corrected chi connectivity index (χ1v) is 17.3. The first-order chi connectivity index (χ1) is 24.7. The highest BCUT2D eigenvalue weighted by Gasteiger charge is 2.46. The number of aromatic nitrogens is 4. The highest BCUT2D eigenvalue weighted by atomic mass is 15.0. The van der Waals surface area contributed by atoms with Crippen LogP contribution in [0.25, 0.3) is 67.5 Å². The molecule has 2 aliphatic rings. The Balaban J connectivity index is 1.18. The van der Waals surface area contributed by atoms with E-state index in [4.69, 9.17) is 15.0 Å². The second-order valence-corrected chi connectivity index (χ2v) is 13.3. The summed E-state index contributed by atoms with van der Waals surface area (Å²) < 4.78 is 0. The van der Waals surface area contributed by atoms with Gasteiger partial charge in [-0.2, -0.15) is 5.26 Å². The average molecular weight is 644 g/mol. The van der Waals surface area contributed by atoms with Crippen LogP contribution < -0.4 is 0 Å². The number of pyridine rings is 1. The summed E-state index contributed by atoms with van der Waals surface area (Å²) in [7, 11) is 0. The van der Waals surface area contributed by atoms with Crippen LogP contribution in [-0.4, -0.2) is 19.9 Å². The molecule has 0 amide bonds. The minimum atomic E-state index is -0.108. The Bertz CT molecular complexity index is 2400. The second kappa shape index (κ2) is 12.3. The third-order valence-electron chi connectivity index (χ3n) is 10.5. The van der Waals surface area contributed by atoms with Gasteiger partial charge in [-0.15, -0.1) is 0 Å². The third-order valence-corrected chi connectivity index (χ3v) is 10.5. The van der Waals surface area contributed by atoms with Crippen molar-refractivity contribution in [3.8, 4) is 73.6 Å². The predicted octanol–water partition coefficient (Wildman–Crippen LogP) is 10.7. The molecule has 1 spiro atoms. The minimum absolute atomic E-state index is 0.108. The summed E-state index contributed by atoms with van der Waals surface area (Å²) >= 11 is 0. The number of nitrogens with zero attached hydrogens (tertiary/aromatic N) is 5. The van der Waals surface area contributed by atoms with Crippen molar-refractivity contribution in [2.75, 3.05) is 0 Å². The maximum atomic E-state index is 10.2. The monoisotopic (exact) mass is 643 g/mol. The zero-order valence-corrected chi connectivity index (χ0v) is 27.6. The molecule has 50 heavy (non-hydrogen) atoms. The molecule has 2 heterocycles. The molecule has 5 nitrogen and oxygen atoms in total. The van der Waals surface area contributed by atoms with E-state index in [0.29, 0.717) is 17.5 Å². The molecule has 1 fully saturated rings. The zero-order chi connectivity index (χ0) is 33.5. The molecule has 7 aromatic rings. The van der Waals surface area contributed by atoms with Gasteiger partial charge in [0.05, 0.1) is 11.6 Å². The molecule has 5 aromatic carbocycles. The number of hydrogen-bond acceptors (Lipinski definition) is 5. The molecule has 0 saturated heterocycles. The van der Waals surface area contributed by atoms with Crippen LogP contribution in [0.5, 0.6) is 0 Å². The molecule has 2 aromatic heterocycles. The zero-order valence-electron chi connectivity index (χ0n) is 27.6. The normalized spacial score (nSPS) is 14.1. The fourth-order valence-corrected chi connectivity index (χ4v) is 8.18. The van der Waals surface area contributed by atoms with Crippen molar-refractivity contribution in [3.63, 3.8) is 0 Å². The lowest BCUT2D eigenvalue weighted by molar-refractivity contribution is 0.352. The van der Waals surface area contributed by atoms with Crippen LogP contribution in [0.4, 0.5) is 0 Å². The van der Waals surface area contributed by atoms with Gasteiger partial charge < -0.3 is 0 Å². The van der Waals surface area contributed by atoms with E-state index in [1.165, 1.54) is 47.1 Å². The maximum Gasteiger partial charge on any atom is 0.164 e. The van der Waals surface area contributed by atoms with Crippen molar-refractivity contribution >= 4 is 0 Å². The molecule has 0 radical (unpaired) electrons. The Labute approximate surface area is 292 Å². The summed E-state index contributed by atoms with van der Waals surface area (Å²) in [5.41, 5.74) is 12.9. The Morgan fingerprint density at radius 1 is 0.520 bits per heavy atom. The quantitative estimate of drug-likeness (QED) is 0.187. The number of rotatable bonds is 5. The number of nitriles is 1. The van der Waals surface area contributed by atoms with Gasteiger partial charge in [-0.1, -0.05) is 128 Å². The maximum absolute atomic E-state index is 10.2. The summed E-state index contributed by atoms with van der Waals surface area (Å²) in [6.45, 7) is 0. The summed E-state index contributed by atoms with van der Waals surface area (Å²) in [6.07, 6.45) is 9.41. The number of benzene rings is 5. The van der Waals surface area contributed by atoms with E-state index < -0.39 is 0 Å². The van der Waals surface area contributed by atoms with E-state index in [1.54, 1.807) is 6.20 Å². The van der Waals surface area contributed by atoms with Crippen LogP contribution in [0.2, 0.25) is 0 Å². The van der Waals surface area contributed by atoms with E-state index in [9.17, 15) is 5.26 Å². The van der Waals surface area contributed by atoms with Crippen molar-refractivity contribution in [1.82, 2.24) is 19.9 Å². The molecule has 0 aliphatic heterocycles. The summed E-state index contributed by atoms with van der Waals surface area (Å²) in [4.78, 5) is 19.3. The SMILES string of the molecule is N#Cc1cccc2c1C1(CCCCC1)c1cccc(-c3cccc(-c4nc(-c5ccccc5)nc(-c5ccc(-c6cccnc6)cc5)n4)c3)c1-2.